The number of carbonyl (C=O) groups excluding carboxylic acids is 1. The average molecular weight is 258 g/mol. The average Bonchev–Trinajstić information content (AvgIpc) is 2.35. The molecule has 1 amide bonds. The van der Waals surface area contributed by atoms with Gasteiger partial charge in [-0.15, -0.1) is 11.6 Å². The largest absolute Gasteiger partial charge is 0.504 e. The van der Waals surface area contributed by atoms with Crippen LogP contribution in [0.15, 0.2) is 18.2 Å². The van der Waals surface area contributed by atoms with Crippen molar-refractivity contribution in [3.8, 4) is 11.5 Å². The molecule has 0 saturated carbocycles. The van der Waals surface area contributed by atoms with Crippen LogP contribution in [0.1, 0.15) is 17.3 Å². The van der Waals surface area contributed by atoms with Crippen molar-refractivity contribution >= 4 is 17.5 Å². The molecule has 0 aliphatic rings. The summed E-state index contributed by atoms with van der Waals surface area (Å²) >= 11 is 5.62. The number of rotatable bonds is 5. The van der Waals surface area contributed by atoms with E-state index in [0.29, 0.717) is 30.3 Å². The summed E-state index contributed by atoms with van der Waals surface area (Å²) in [5.74, 6) is 0.551. The molecule has 0 aromatic heterocycles. The van der Waals surface area contributed by atoms with Crippen LogP contribution in [-0.4, -0.2) is 42.0 Å². The van der Waals surface area contributed by atoms with E-state index in [-0.39, 0.29) is 11.7 Å². The van der Waals surface area contributed by atoms with Crippen molar-refractivity contribution in [1.29, 1.82) is 0 Å². The van der Waals surface area contributed by atoms with Crippen molar-refractivity contribution in [2.75, 3.05) is 26.1 Å². The molecule has 0 aliphatic heterocycles. The third-order valence-electron chi connectivity index (χ3n) is 2.45. The van der Waals surface area contributed by atoms with E-state index in [1.165, 1.54) is 13.2 Å². The Morgan fingerprint density at radius 3 is 2.71 bits per heavy atom. The molecule has 0 atom stereocenters. The number of alkyl halides is 1. The predicted molar refractivity (Wildman–Crippen MR) is 67.0 cm³/mol. The van der Waals surface area contributed by atoms with Crippen LogP contribution in [0, 0.1) is 0 Å². The van der Waals surface area contributed by atoms with Crippen molar-refractivity contribution in [2.45, 2.75) is 6.92 Å². The van der Waals surface area contributed by atoms with E-state index in [1.54, 1.807) is 17.0 Å². The van der Waals surface area contributed by atoms with Gasteiger partial charge in [-0.2, -0.15) is 0 Å². The second kappa shape index (κ2) is 6.35. The number of carbonyl (C=O) groups is 1. The number of benzene rings is 1. The van der Waals surface area contributed by atoms with E-state index in [0.717, 1.165) is 0 Å². The molecule has 0 radical (unpaired) electrons. The van der Waals surface area contributed by atoms with E-state index in [1.807, 2.05) is 6.92 Å². The maximum atomic E-state index is 12.0. The molecule has 0 fully saturated rings. The highest BCUT2D eigenvalue weighted by atomic mass is 35.5. The van der Waals surface area contributed by atoms with Gasteiger partial charge in [-0.05, 0) is 25.1 Å². The Hall–Kier alpha value is -1.42. The minimum absolute atomic E-state index is 0.0414. The van der Waals surface area contributed by atoms with Crippen molar-refractivity contribution in [1.82, 2.24) is 4.90 Å². The Bertz CT molecular complexity index is 395. The quantitative estimate of drug-likeness (QED) is 0.822. The molecule has 1 rings (SSSR count). The zero-order valence-electron chi connectivity index (χ0n) is 9.94. The van der Waals surface area contributed by atoms with Gasteiger partial charge in [-0.25, -0.2) is 0 Å². The van der Waals surface area contributed by atoms with Gasteiger partial charge in [0.2, 0.25) is 0 Å². The normalized spacial score (nSPS) is 10.1. The monoisotopic (exact) mass is 257 g/mol. The van der Waals surface area contributed by atoms with Crippen LogP contribution in [0.3, 0.4) is 0 Å². The molecule has 0 bridgehead atoms. The maximum Gasteiger partial charge on any atom is 0.254 e. The molecule has 1 aromatic rings. The number of hydrogen-bond donors (Lipinski definition) is 1. The van der Waals surface area contributed by atoms with Crippen molar-refractivity contribution < 1.29 is 14.6 Å². The molecule has 94 valence electrons. The number of ether oxygens (including phenoxy) is 1. The number of methoxy groups -OCH3 is 1. The number of aromatic hydroxyl groups is 1. The molecular weight excluding hydrogens is 242 g/mol. The number of halogens is 1. The van der Waals surface area contributed by atoms with Crippen LogP contribution in [-0.2, 0) is 0 Å². The van der Waals surface area contributed by atoms with E-state index < -0.39 is 0 Å². The van der Waals surface area contributed by atoms with Crippen molar-refractivity contribution in [3.63, 3.8) is 0 Å². The summed E-state index contributed by atoms with van der Waals surface area (Å²) < 4.78 is 4.92. The fourth-order valence-corrected chi connectivity index (χ4v) is 1.71. The van der Waals surface area contributed by atoms with Crippen LogP contribution in [0.2, 0.25) is 0 Å². The van der Waals surface area contributed by atoms with E-state index in [9.17, 15) is 9.90 Å². The van der Waals surface area contributed by atoms with Gasteiger partial charge in [0, 0.05) is 24.5 Å². The maximum absolute atomic E-state index is 12.0. The summed E-state index contributed by atoms with van der Waals surface area (Å²) in [5.41, 5.74) is 0.426. The smallest absolute Gasteiger partial charge is 0.254 e. The highest BCUT2D eigenvalue weighted by Crippen LogP contribution is 2.26. The Balaban J connectivity index is 2.92. The van der Waals surface area contributed by atoms with E-state index in [4.69, 9.17) is 16.3 Å². The lowest BCUT2D eigenvalue weighted by Gasteiger charge is -2.19. The third-order valence-corrected chi connectivity index (χ3v) is 2.62. The van der Waals surface area contributed by atoms with Gasteiger partial charge in [0.15, 0.2) is 11.5 Å². The van der Waals surface area contributed by atoms with Crippen molar-refractivity contribution in [3.05, 3.63) is 23.8 Å². The van der Waals surface area contributed by atoms with Gasteiger partial charge in [0.25, 0.3) is 5.91 Å². The molecule has 0 heterocycles. The van der Waals surface area contributed by atoms with Crippen molar-refractivity contribution in [2.24, 2.45) is 0 Å². The van der Waals surface area contributed by atoms with Crippen LogP contribution in [0.4, 0.5) is 0 Å². The van der Waals surface area contributed by atoms with E-state index in [2.05, 4.69) is 0 Å². The number of phenolic OH excluding ortho intramolecular Hbond substituents is 1. The standard InChI is InChI=1S/C12H16ClNO3/c1-3-14(7-6-13)12(16)9-4-5-11(17-2)10(15)8-9/h4-5,8,15H,3,6-7H2,1-2H3. The Kier molecular flexibility index (Phi) is 5.10. The molecule has 5 heteroatoms. The van der Waals surface area contributed by atoms with Gasteiger partial charge in [-0.1, -0.05) is 0 Å². The van der Waals surface area contributed by atoms with Crippen LogP contribution < -0.4 is 4.74 Å². The predicted octanol–water partition coefficient (Wildman–Crippen LogP) is 2.10. The fraction of sp³-hybridized carbons (Fsp3) is 0.417. The summed E-state index contributed by atoms with van der Waals surface area (Å²) in [7, 11) is 1.46. The van der Waals surface area contributed by atoms with Gasteiger partial charge >= 0.3 is 0 Å². The van der Waals surface area contributed by atoms with Crippen LogP contribution in [0.25, 0.3) is 0 Å². The lowest BCUT2D eigenvalue weighted by atomic mass is 10.1. The number of phenols is 1. The van der Waals surface area contributed by atoms with Gasteiger partial charge in [-0.3, -0.25) is 4.79 Å². The molecule has 4 nitrogen and oxygen atoms in total. The summed E-state index contributed by atoms with van der Waals surface area (Å²) in [6, 6.07) is 4.59. The molecule has 0 aliphatic carbocycles. The fourth-order valence-electron chi connectivity index (χ4n) is 1.51. The number of amides is 1. The molecule has 17 heavy (non-hydrogen) atoms. The van der Waals surface area contributed by atoms with Gasteiger partial charge < -0.3 is 14.7 Å². The first-order valence-electron chi connectivity index (χ1n) is 5.36. The lowest BCUT2D eigenvalue weighted by molar-refractivity contribution is 0.0773. The first-order chi connectivity index (χ1) is 8.13. The topological polar surface area (TPSA) is 49.8 Å². The van der Waals surface area contributed by atoms with Crippen LogP contribution >= 0.6 is 11.6 Å². The Morgan fingerprint density at radius 2 is 2.24 bits per heavy atom. The summed E-state index contributed by atoms with van der Waals surface area (Å²) in [4.78, 5) is 13.7. The third kappa shape index (κ3) is 3.27. The molecule has 1 aromatic carbocycles. The zero-order chi connectivity index (χ0) is 12.8. The number of hydrogen-bond acceptors (Lipinski definition) is 3. The number of nitrogens with zero attached hydrogens (tertiary/aromatic N) is 1. The highest BCUT2D eigenvalue weighted by molar-refractivity contribution is 6.18. The van der Waals surface area contributed by atoms with Crippen LogP contribution in [0.5, 0.6) is 11.5 Å². The minimum atomic E-state index is -0.147. The molecule has 0 unspecified atom stereocenters. The Morgan fingerprint density at radius 1 is 1.53 bits per heavy atom. The lowest BCUT2D eigenvalue weighted by Crippen LogP contribution is -2.32. The van der Waals surface area contributed by atoms with E-state index >= 15 is 0 Å². The zero-order valence-corrected chi connectivity index (χ0v) is 10.7. The molecule has 1 N–H and O–H groups in total. The summed E-state index contributed by atoms with van der Waals surface area (Å²) in [6.07, 6.45) is 0. The highest BCUT2D eigenvalue weighted by Gasteiger charge is 2.15. The van der Waals surface area contributed by atoms with Gasteiger partial charge in [0.05, 0.1) is 7.11 Å². The minimum Gasteiger partial charge on any atom is -0.504 e. The molecular formula is C12H16ClNO3. The van der Waals surface area contributed by atoms with Gasteiger partial charge in [0.1, 0.15) is 0 Å². The SMILES string of the molecule is CCN(CCCl)C(=O)c1ccc(OC)c(O)c1. The molecule has 0 spiro atoms. The molecule has 0 saturated heterocycles. The Labute approximate surface area is 106 Å². The first-order valence-corrected chi connectivity index (χ1v) is 5.89. The summed E-state index contributed by atoms with van der Waals surface area (Å²) in [6.45, 7) is 2.95. The summed E-state index contributed by atoms with van der Waals surface area (Å²) in [5, 5.41) is 9.60. The second-order valence-corrected chi connectivity index (χ2v) is 3.84. The first kappa shape index (κ1) is 13.6. The second-order valence-electron chi connectivity index (χ2n) is 3.46.